The third-order valence-electron chi connectivity index (χ3n) is 1.44. The van der Waals surface area contributed by atoms with Crippen LogP contribution in [-0.2, 0) is 9.53 Å². The van der Waals surface area contributed by atoms with Crippen LogP contribution in [-0.4, -0.2) is 17.7 Å². The second-order valence-corrected chi connectivity index (χ2v) is 2.93. The zero-order valence-electron chi connectivity index (χ0n) is 8.23. The number of furan rings is 1. The minimum absolute atomic E-state index is 0.0756. The highest BCUT2D eigenvalue weighted by Crippen LogP contribution is 2.01. The average Bonchev–Trinajstić information content (AvgIpc) is 2.67. The predicted octanol–water partition coefficient (Wildman–Crippen LogP) is 1.73. The number of hydrogen-bond donors (Lipinski definition) is 1. The third-order valence-corrected chi connectivity index (χ3v) is 1.66. The number of amides is 1. The number of thiocarbonyl (C=S) groups is 1. The molecule has 0 bridgehead atoms. The Morgan fingerprint density at radius 1 is 1.73 bits per heavy atom. The molecule has 0 unspecified atom stereocenters. The largest absolute Gasteiger partial charge is 0.471 e. The van der Waals surface area contributed by atoms with Crippen LogP contribution in [0.25, 0.3) is 6.08 Å². The van der Waals surface area contributed by atoms with E-state index in [4.69, 9.17) is 21.4 Å². The van der Waals surface area contributed by atoms with Gasteiger partial charge in [0.15, 0.2) is 0 Å². The van der Waals surface area contributed by atoms with Gasteiger partial charge in [0.25, 0.3) is 11.1 Å². The van der Waals surface area contributed by atoms with Crippen LogP contribution in [0.3, 0.4) is 0 Å². The van der Waals surface area contributed by atoms with Crippen LogP contribution in [0.2, 0.25) is 0 Å². The van der Waals surface area contributed by atoms with Gasteiger partial charge in [-0.2, -0.15) is 0 Å². The molecule has 80 valence electrons. The standard InChI is InChI=1S/C10H11NO3S/c1-2-13-10(15)11-9(12)6-5-8-4-3-7-14-8/h3-7H,2H2,1H3,(H,11,12,15)/b6-5+. The molecule has 0 spiro atoms. The molecule has 0 fully saturated rings. The maximum absolute atomic E-state index is 11.2. The van der Waals surface area contributed by atoms with Crippen molar-refractivity contribution in [3.8, 4) is 0 Å². The van der Waals surface area contributed by atoms with Crippen molar-refractivity contribution in [1.29, 1.82) is 0 Å². The normalized spacial score (nSPS) is 10.2. The molecule has 1 amide bonds. The highest BCUT2D eigenvalue weighted by Gasteiger charge is 2.00. The summed E-state index contributed by atoms with van der Waals surface area (Å²) in [6.45, 7) is 2.22. The van der Waals surface area contributed by atoms with Crippen LogP contribution in [0.1, 0.15) is 12.7 Å². The minimum Gasteiger partial charge on any atom is -0.471 e. The average molecular weight is 225 g/mol. The molecule has 1 rings (SSSR count). The molecular formula is C10H11NO3S. The Morgan fingerprint density at radius 2 is 2.53 bits per heavy atom. The lowest BCUT2D eigenvalue weighted by molar-refractivity contribution is -0.115. The van der Waals surface area contributed by atoms with E-state index in [9.17, 15) is 4.79 Å². The number of carbonyl (C=O) groups is 1. The van der Waals surface area contributed by atoms with Crippen LogP contribution in [0.15, 0.2) is 28.9 Å². The molecule has 0 aliphatic carbocycles. The second-order valence-electron chi connectivity index (χ2n) is 2.56. The molecular weight excluding hydrogens is 214 g/mol. The monoisotopic (exact) mass is 225 g/mol. The first kappa shape index (κ1) is 11.5. The summed E-state index contributed by atoms with van der Waals surface area (Å²) in [5, 5.41) is 2.46. The van der Waals surface area contributed by atoms with Crippen LogP contribution < -0.4 is 5.32 Å². The van der Waals surface area contributed by atoms with Crippen LogP contribution in [0.5, 0.6) is 0 Å². The lowest BCUT2D eigenvalue weighted by Crippen LogP contribution is -2.29. The van der Waals surface area contributed by atoms with Crippen molar-refractivity contribution in [2.24, 2.45) is 0 Å². The lowest BCUT2D eigenvalue weighted by atomic mass is 10.4. The van der Waals surface area contributed by atoms with Gasteiger partial charge in [0, 0.05) is 6.08 Å². The van der Waals surface area contributed by atoms with Gasteiger partial charge in [-0.15, -0.1) is 0 Å². The van der Waals surface area contributed by atoms with E-state index in [2.05, 4.69) is 5.32 Å². The summed E-state index contributed by atoms with van der Waals surface area (Å²) < 4.78 is 9.90. The van der Waals surface area contributed by atoms with Crippen molar-refractivity contribution >= 4 is 29.4 Å². The Balaban J connectivity index is 2.39. The zero-order valence-corrected chi connectivity index (χ0v) is 9.04. The van der Waals surface area contributed by atoms with Crippen LogP contribution in [0.4, 0.5) is 0 Å². The molecule has 1 heterocycles. The molecule has 5 heteroatoms. The highest BCUT2D eigenvalue weighted by atomic mass is 32.1. The summed E-state index contributed by atoms with van der Waals surface area (Å²) in [5.41, 5.74) is 0. The van der Waals surface area contributed by atoms with E-state index in [-0.39, 0.29) is 11.1 Å². The van der Waals surface area contributed by atoms with E-state index in [1.807, 2.05) is 0 Å². The van der Waals surface area contributed by atoms with Gasteiger partial charge < -0.3 is 9.15 Å². The van der Waals surface area contributed by atoms with Crippen molar-refractivity contribution in [2.45, 2.75) is 6.92 Å². The Hall–Kier alpha value is -1.62. The van der Waals surface area contributed by atoms with Gasteiger partial charge in [0.05, 0.1) is 12.9 Å². The SMILES string of the molecule is CCOC(=S)NC(=O)/C=C/c1ccco1. The maximum Gasteiger partial charge on any atom is 0.263 e. The molecule has 0 radical (unpaired) electrons. The molecule has 15 heavy (non-hydrogen) atoms. The fraction of sp³-hybridized carbons (Fsp3) is 0.200. The number of nitrogens with one attached hydrogen (secondary N) is 1. The fourth-order valence-electron chi connectivity index (χ4n) is 0.853. The molecule has 1 aromatic heterocycles. The van der Waals surface area contributed by atoms with Gasteiger partial charge in [0.2, 0.25) is 0 Å². The molecule has 0 atom stereocenters. The summed E-state index contributed by atoms with van der Waals surface area (Å²) in [4.78, 5) is 11.2. The van der Waals surface area contributed by atoms with E-state index in [1.165, 1.54) is 12.3 Å². The van der Waals surface area contributed by atoms with Crippen molar-refractivity contribution in [1.82, 2.24) is 5.32 Å². The van der Waals surface area contributed by atoms with Gasteiger partial charge in [-0.1, -0.05) is 0 Å². The van der Waals surface area contributed by atoms with Crippen molar-refractivity contribution in [2.75, 3.05) is 6.61 Å². The summed E-state index contributed by atoms with van der Waals surface area (Å²) >= 11 is 4.73. The van der Waals surface area contributed by atoms with E-state index in [0.717, 1.165) is 0 Å². The molecule has 1 aromatic rings. The fourth-order valence-corrected chi connectivity index (χ4v) is 1.07. The summed E-state index contributed by atoms with van der Waals surface area (Å²) in [5.74, 6) is 0.261. The summed E-state index contributed by atoms with van der Waals surface area (Å²) in [6, 6.07) is 3.48. The van der Waals surface area contributed by atoms with Gasteiger partial charge in [-0.25, -0.2) is 0 Å². The number of rotatable bonds is 3. The smallest absolute Gasteiger partial charge is 0.263 e. The summed E-state index contributed by atoms with van der Waals surface area (Å²) in [6.07, 6.45) is 4.40. The molecule has 4 nitrogen and oxygen atoms in total. The maximum atomic E-state index is 11.2. The molecule has 0 aromatic carbocycles. The van der Waals surface area contributed by atoms with Crippen LogP contribution >= 0.6 is 12.2 Å². The first-order chi connectivity index (χ1) is 7.22. The second kappa shape index (κ2) is 5.98. The number of carbonyl (C=O) groups excluding carboxylic acids is 1. The Morgan fingerprint density at radius 3 is 3.13 bits per heavy atom. The molecule has 0 saturated heterocycles. The quantitative estimate of drug-likeness (QED) is 0.628. The third kappa shape index (κ3) is 4.42. The van der Waals surface area contributed by atoms with Gasteiger partial charge in [0.1, 0.15) is 5.76 Å². The Labute approximate surface area is 92.9 Å². The Bertz CT molecular complexity index is 357. The van der Waals surface area contributed by atoms with E-state index >= 15 is 0 Å². The first-order valence-corrected chi connectivity index (χ1v) is 4.82. The van der Waals surface area contributed by atoms with Crippen molar-refractivity contribution in [3.05, 3.63) is 30.2 Å². The molecule has 0 aliphatic rings. The van der Waals surface area contributed by atoms with E-state index in [0.29, 0.717) is 12.4 Å². The van der Waals surface area contributed by atoms with E-state index < -0.39 is 0 Å². The van der Waals surface area contributed by atoms with Crippen LogP contribution in [0, 0.1) is 0 Å². The molecule has 0 saturated carbocycles. The van der Waals surface area contributed by atoms with Gasteiger partial charge in [-0.3, -0.25) is 10.1 Å². The van der Waals surface area contributed by atoms with Gasteiger partial charge >= 0.3 is 0 Å². The molecule has 0 aliphatic heterocycles. The topological polar surface area (TPSA) is 51.5 Å². The molecule has 1 N–H and O–H groups in total. The number of ether oxygens (including phenoxy) is 1. The number of hydrogen-bond acceptors (Lipinski definition) is 4. The van der Waals surface area contributed by atoms with E-state index in [1.54, 1.807) is 25.1 Å². The van der Waals surface area contributed by atoms with Crippen molar-refractivity contribution in [3.63, 3.8) is 0 Å². The zero-order chi connectivity index (χ0) is 11.1. The predicted molar refractivity (Wildman–Crippen MR) is 60.1 cm³/mol. The Kier molecular flexibility index (Phi) is 4.56. The highest BCUT2D eigenvalue weighted by molar-refractivity contribution is 7.80. The van der Waals surface area contributed by atoms with Gasteiger partial charge in [-0.05, 0) is 37.4 Å². The van der Waals surface area contributed by atoms with Crippen molar-refractivity contribution < 1.29 is 13.9 Å². The lowest BCUT2D eigenvalue weighted by Gasteiger charge is -2.03. The summed E-state index contributed by atoms with van der Waals surface area (Å²) in [7, 11) is 0. The first-order valence-electron chi connectivity index (χ1n) is 4.41. The minimum atomic E-state index is -0.343.